The van der Waals surface area contributed by atoms with Crippen LogP contribution in [0.2, 0.25) is 0 Å². The molecule has 23 heavy (non-hydrogen) atoms. The Morgan fingerprint density at radius 3 is 2.52 bits per heavy atom. The van der Waals surface area contributed by atoms with E-state index >= 15 is 0 Å². The molecular formula is C16H16N4O2S. The third-order valence-corrected chi connectivity index (χ3v) is 4.06. The number of sulfonamides is 1. The van der Waals surface area contributed by atoms with Crippen LogP contribution in [0.15, 0.2) is 42.9 Å². The SMILES string of the molecule is C=c1ncnc2c1=C(C)C=CN2c1ccc(NS(C)(=O)=O)cc1. The second-order valence-electron chi connectivity index (χ2n) is 5.31. The van der Waals surface area contributed by atoms with Crippen molar-refractivity contribution in [2.24, 2.45) is 0 Å². The van der Waals surface area contributed by atoms with Crippen molar-refractivity contribution in [1.29, 1.82) is 0 Å². The van der Waals surface area contributed by atoms with E-state index in [0.29, 0.717) is 11.0 Å². The van der Waals surface area contributed by atoms with Crippen molar-refractivity contribution in [1.82, 2.24) is 9.97 Å². The summed E-state index contributed by atoms with van der Waals surface area (Å²) in [7, 11) is -3.29. The smallest absolute Gasteiger partial charge is 0.229 e. The predicted octanol–water partition coefficient (Wildman–Crippen LogP) is 1.09. The van der Waals surface area contributed by atoms with Crippen molar-refractivity contribution in [3.63, 3.8) is 0 Å². The zero-order valence-corrected chi connectivity index (χ0v) is 13.6. The first-order chi connectivity index (χ1) is 10.8. The van der Waals surface area contributed by atoms with E-state index in [2.05, 4.69) is 21.3 Å². The minimum absolute atomic E-state index is 0.515. The van der Waals surface area contributed by atoms with Crippen molar-refractivity contribution in [3.05, 3.63) is 53.4 Å². The van der Waals surface area contributed by atoms with Crippen LogP contribution in [-0.4, -0.2) is 24.6 Å². The average molecular weight is 328 g/mol. The Balaban J connectivity index is 2.03. The number of hydrogen-bond donors (Lipinski definition) is 1. The van der Waals surface area contributed by atoms with E-state index in [1.54, 1.807) is 12.1 Å². The van der Waals surface area contributed by atoms with Gasteiger partial charge in [0.05, 0.1) is 11.6 Å². The maximum atomic E-state index is 11.3. The lowest BCUT2D eigenvalue weighted by Crippen LogP contribution is -2.36. The number of rotatable bonds is 3. The van der Waals surface area contributed by atoms with Gasteiger partial charge in [-0.1, -0.05) is 6.58 Å². The van der Waals surface area contributed by atoms with Crippen LogP contribution < -0.4 is 20.2 Å². The largest absolute Gasteiger partial charge is 0.301 e. The Labute approximate surface area is 134 Å². The second kappa shape index (κ2) is 5.51. The van der Waals surface area contributed by atoms with E-state index < -0.39 is 10.0 Å². The lowest BCUT2D eigenvalue weighted by molar-refractivity contribution is 0.607. The molecule has 0 saturated heterocycles. The molecule has 7 heteroatoms. The molecule has 0 spiro atoms. The molecule has 3 rings (SSSR count). The fraction of sp³-hybridized carbons (Fsp3) is 0.125. The maximum Gasteiger partial charge on any atom is 0.229 e. The Bertz CT molecular complexity index is 995. The van der Waals surface area contributed by atoms with Crippen LogP contribution in [0.4, 0.5) is 17.2 Å². The van der Waals surface area contributed by atoms with Gasteiger partial charge in [0.2, 0.25) is 10.0 Å². The van der Waals surface area contributed by atoms with Gasteiger partial charge in [0.15, 0.2) is 0 Å². The zero-order valence-electron chi connectivity index (χ0n) is 12.8. The highest BCUT2D eigenvalue weighted by molar-refractivity contribution is 7.92. The average Bonchev–Trinajstić information content (AvgIpc) is 2.47. The minimum atomic E-state index is -3.29. The highest BCUT2D eigenvalue weighted by atomic mass is 32.2. The fourth-order valence-corrected chi connectivity index (χ4v) is 3.02. The van der Waals surface area contributed by atoms with Crippen LogP contribution >= 0.6 is 0 Å². The van der Waals surface area contributed by atoms with Crippen molar-refractivity contribution >= 4 is 39.4 Å². The first-order valence-corrected chi connectivity index (χ1v) is 8.80. The lowest BCUT2D eigenvalue weighted by atomic mass is 10.1. The van der Waals surface area contributed by atoms with Crippen LogP contribution in [0.25, 0.3) is 12.2 Å². The molecule has 2 heterocycles. The summed E-state index contributed by atoms with van der Waals surface area (Å²) in [6.07, 6.45) is 6.50. The number of benzene rings is 1. The first-order valence-electron chi connectivity index (χ1n) is 6.91. The summed E-state index contributed by atoms with van der Waals surface area (Å²) >= 11 is 0. The molecule has 1 aromatic heterocycles. The lowest BCUT2D eigenvalue weighted by Gasteiger charge is -2.23. The van der Waals surface area contributed by atoms with Gasteiger partial charge in [-0.05, 0) is 42.8 Å². The molecule has 0 amide bonds. The summed E-state index contributed by atoms with van der Waals surface area (Å²) in [6.45, 7) is 5.95. The molecule has 0 atom stereocenters. The van der Waals surface area contributed by atoms with Gasteiger partial charge in [-0.2, -0.15) is 0 Å². The summed E-state index contributed by atoms with van der Waals surface area (Å²) in [6, 6.07) is 7.07. The Hall–Kier alpha value is -2.67. The van der Waals surface area contributed by atoms with E-state index in [1.165, 1.54) is 6.33 Å². The quantitative estimate of drug-likeness (QED) is 0.913. The van der Waals surface area contributed by atoms with Gasteiger partial charge in [0.1, 0.15) is 12.1 Å². The third kappa shape index (κ3) is 3.09. The van der Waals surface area contributed by atoms with Crippen LogP contribution in [0.5, 0.6) is 0 Å². The molecule has 1 aliphatic rings. The summed E-state index contributed by atoms with van der Waals surface area (Å²) in [5.74, 6) is 0.758. The minimum Gasteiger partial charge on any atom is -0.301 e. The molecule has 1 aromatic carbocycles. The molecule has 0 saturated carbocycles. The molecule has 0 fully saturated rings. The van der Waals surface area contributed by atoms with Crippen molar-refractivity contribution < 1.29 is 8.42 Å². The molecule has 2 aromatic rings. The van der Waals surface area contributed by atoms with Gasteiger partial charge in [-0.3, -0.25) is 4.72 Å². The maximum absolute atomic E-state index is 11.3. The van der Waals surface area contributed by atoms with E-state index in [4.69, 9.17) is 0 Å². The number of aromatic nitrogens is 2. The van der Waals surface area contributed by atoms with Crippen molar-refractivity contribution in [2.45, 2.75) is 6.92 Å². The number of allylic oxidation sites excluding steroid dienone is 1. The van der Waals surface area contributed by atoms with Gasteiger partial charge in [-0.15, -0.1) is 0 Å². The number of hydrogen-bond acceptors (Lipinski definition) is 5. The Morgan fingerprint density at radius 1 is 1.17 bits per heavy atom. The summed E-state index contributed by atoms with van der Waals surface area (Å²) < 4.78 is 25.0. The van der Waals surface area contributed by atoms with E-state index in [0.717, 1.165) is 28.6 Å². The molecule has 1 N–H and O–H groups in total. The highest BCUT2D eigenvalue weighted by Gasteiger charge is 2.15. The Kier molecular flexibility index (Phi) is 3.65. The molecule has 6 nitrogen and oxygen atoms in total. The molecule has 1 aliphatic heterocycles. The number of nitrogens with zero attached hydrogens (tertiary/aromatic N) is 3. The first kappa shape index (κ1) is 15.2. The van der Waals surface area contributed by atoms with Crippen LogP contribution in [0.3, 0.4) is 0 Å². The number of anilines is 3. The molecule has 0 bridgehead atoms. The molecule has 0 radical (unpaired) electrons. The topological polar surface area (TPSA) is 75.2 Å². The number of fused-ring (bicyclic) bond motifs is 1. The molecule has 0 unspecified atom stereocenters. The van der Waals surface area contributed by atoms with Gasteiger partial charge in [0, 0.05) is 22.8 Å². The molecular weight excluding hydrogens is 312 g/mol. The zero-order chi connectivity index (χ0) is 16.6. The van der Waals surface area contributed by atoms with Gasteiger partial charge >= 0.3 is 0 Å². The summed E-state index contributed by atoms with van der Waals surface area (Å²) in [5.41, 5.74) is 2.44. The second-order valence-corrected chi connectivity index (χ2v) is 7.06. The van der Waals surface area contributed by atoms with Crippen molar-refractivity contribution in [3.8, 4) is 0 Å². The monoisotopic (exact) mass is 328 g/mol. The number of nitrogens with one attached hydrogen (secondary N) is 1. The van der Waals surface area contributed by atoms with Crippen molar-refractivity contribution in [2.75, 3.05) is 15.9 Å². The highest BCUT2D eigenvalue weighted by Crippen LogP contribution is 2.25. The van der Waals surface area contributed by atoms with Gasteiger partial charge in [0.25, 0.3) is 0 Å². The fourth-order valence-electron chi connectivity index (χ4n) is 2.45. The van der Waals surface area contributed by atoms with Crippen LogP contribution in [-0.2, 0) is 10.0 Å². The Morgan fingerprint density at radius 2 is 1.87 bits per heavy atom. The van der Waals surface area contributed by atoms with E-state index in [9.17, 15) is 8.42 Å². The summed E-state index contributed by atoms with van der Waals surface area (Å²) in [5, 5.41) is 1.59. The van der Waals surface area contributed by atoms with Crippen LogP contribution in [0.1, 0.15) is 6.92 Å². The predicted molar refractivity (Wildman–Crippen MR) is 92.1 cm³/mol. The van der Waals surface area contributed by atoms with E-state index in [1.807, 2.05) is 36.2 Å². The summed E-state index contributed by atoms with van der Waals surface area (Å²) in [4.78, 5) is 10.4. The van der Waals surface area contributed by atoms with E-state index in [-0.39, 0.29) is 0 Å². The standard InChI is InChI=1S/C16H16N4O2S/c1-11-8-9-20(16-15(11)12(2)17-10-18-16)14-6-4-13(5-7-14)19-23(3,21)22/h4-10,19H,2H2,1,3H3. The molecule has 118 valence electrons. The molecule has 0 aliphatic carbocycles. The van der Waals surface area contributed by atoms with Crippen LogP contribution in [0, 0.1) is 0 Å². The third-order valence-electron chi connectivity index (χ3n) is 3.45. The van der Waals surface area contributed by atoms with Gasteiger partial charge in [-0.25, -0.2) is 18.4 Å². The normalized spacial score (nSPS) is 13.8. The van der Waals surface area contributed by atoms with Gasteiger partial charge < -0.3 is 4.90 Å².